The van der Waals surface area contributed by atoms with E-state index < -0.39 is 11.7 Å². The minimum atomic E-state index is -0.470. The number of carbonyl (C=O) groups excluding carboxylic acids is 1. The van der Waals surface area contributed by atoms with Crippen molar-refractivity contribution in [3.8, 4) is 0 Å². The molecule has 0 aromatic carbocycles. The van der Waals surface area contributed by atoms with Crippen molar-refractivity contribution in [2.24, 2.45) is 0 Å². The third-order valence-electron chi connectivity index (χ3n) is 1.59. The van der Waals surface area contributed by atoms with Gasteiger partial charge in [0.05, 0.1) is 12.2 Å². The summed E-state index contributed by atoms with van der Waals surface area (Å²) in [6.07, 6.45) is 1.29. The molecular formula is C11H15IN2O2. The first-order valence-corrected chi connectivity index (χ1v) is 6.02. The van der Waals surface area contributed by atoms with E-state index in [0.29, 0.717) is 6.54 Å². The highest BCUT2D eigenvalue weighted by atomic mass is 127. The van der Waals surface area contributed by atoms with Crippen molar-refractivity contribution in [1.82, 2.24) is 10.3 Å². The van der Waals surface area contributed by atoms with Crippen LogP contribution in [0.3, 0.4) is 0 Å². The molecule has 0 aliphatic heterocycles. The molecule has 0 saturated carbocycles. The van der Waals surface area contributed by atoms with Crippen molar-refractivity contribution in [3.05, 3.63) is 27.6 Å². The van der Waals surface area contributed by atoms with Crippen LogP contribution in [0.2, 0.25) is 0 Å². The Morgan fingerprint density at radius 1 is 1.56 bits per heavy atom. The van der Waals surface area contributed by atoms with Crippen LogP contribution >= 0.6 is 22.6 Å². The molecule has 1 N–H and O–H groups in total. The number of amides is 1. The molecule has 0 atom stereocenters. The Morgan fingerprint density at radius 3 is 2.81 bits per heavy atom. The van der Waals surface area contributed by atoms with Crippen LogP contribution in [0.15, 0.2) is 18.3 Å². The highest BCUT2D eigenvalue weighted by Crippen LogP contribution is 2.07. The maximum Gasteiger partial charge on any atom is 0.407 e. The minimum Gasteiger partial charge on any atom is -0.444 e. The number of hydrogen-bond acceptors (Lipinski definition) is 3. The van der Waals surface area contributed by atoms with Crippen molar-refractivity contribution in [1.29, 1.82) is 0 Å². The van der Waals surface area contributed by atoms with E-state index in [2.05, 4.69) is 32.9 Å². The summed E-state index contributed by atoms with van der Waals surface area (Å²) in [5.41, 5.74) is 0.348. The highest BCUT2D eigenvalue weighted by Gasteiger charge is 2.15. The first-order valence-electron chi connectivity index (χ1n) is 4.94. The number of nitrogens with zero attached hydrogens (tertiary/aromatic N) is 1. The zero-order chi connectivity index (χ0) is 12.2. The lowest BCUT2D eigenvalue weighted by atomic mass is 10.2. The first-order chi connectivity index (χ1) is 7.37. The maximum absolute atomic E-state index is 11.4. The third kappa shape index (κ3) is 5.29. The molecular weight excluding hydrogens is 319 g/mol. The second-order valence-corrected chi connectivity index (χ2v) is 5.57. The molecule has 4 nitrogen and oxygen atoms in total. The third-order valence-corrected chi connectivity index (χ3v) is 2.26. The number of pyridine rings is 1. The van der Waals surface area contributed by atoms with E-state index in [4.69, 9.17) is 4.74 Å². The van der Waals surface area contributed by atoms with E-state index in [-0.39, 0.29) is 0 Å². The van der Waals surface area contributed by atoms with Crippen LogP contribution in [-0.4, -0.2) is 16.7 Å². The van der Waals surface area contributed by atoms with Gasteiger partial charge in [-0.25, -0.2) is 4.79 Å². The van der Waals surface area contributed by atoms with Crippen LogP contribution in [-0.2, 0) is 11.3 Å². The summed E-state index contributed by atoms with van der Waals surface area (Å²) in [4.78, 5) is 15.5. The van der Waals surface area contributed by atoms with Gasteiger partial charge in [-0.05, 0) is 55.5 Å². The van der Waals surface area contributed by atoms with Crippen LogP contribution in [0, 0.1) is 3.57 Å². The average Bonchev–Trinajstić information content (AvgIpc) is 2.12. The quantitative estimate of drug-likeness (QED) is 0.846. The summed E-state index contributed by atoms with van der Waals surface area (Å²) < 4.78 is 6.20. The fraction of sp³-hybridized carbons (Fsp3) is 0.455. The summed E-state index contributed by atoms with van der Waals surface area (Å²) >= 11 is 2.20. The number of aromatic nitrogens is 1. The normalized spacial score (nSPS) is 11.0. The van der Waals surface area contributed by atoms with Crippen molar-refractivity contribution >= 4 is 28.7 Å². The smallest absolute Gasteiger partial charge is 0.407 e. The molecule has 0 saturated heterocycles. The molecule has 0 fully saturated rings. The molecule has 1 aromatic rings. The second-order valence-electron chi connectivity index (χ2n) is 4.32. The van der Waals surface area contributed by atoms with Crippen LogP contribution < -0.4 is 5.32 Å². The second kappa shape index (κ2) is 5.47. The van der Waals surface area contributed by atoms with Crippen LogP contribution in [0.5, 0.6) is 0 Å². The van der Waals surface area contributed by atoms with Gasteiger partial charge >= 0.3 is 6.09 Å². The predicted octanol–water partition coefficient (Wildman–Crippen LogP) is 2.71. The lowest BCUT2D eigenvalue weighted by Gasteiger charge is -2.19. The lowest BCUT2D eigenvalue weighted by Crippen LogP contribution is -2.32. The summed E-state index contributed by atoms with van der Waals surface area (Å²) in [7, 11) is 0. The maximum atomic E-state index is 11.4. The molecule has 0 radical (unpaired) electrons. The van der Waals surface area contributed by atoms with E-state index in [1.54, 1.807) is 6.20 Å². The van der Waals surface area contributed by atoms with Crippen molar-refractivity contribution in [3.63, 3.8) is 0 Å². The Bertz CT molecular complexity index is 374. The molecule has 0 bridgehead atoms. The predicted molar refractivity (Wildman–Crippen MR) is 70.0 cm³/mol. The Balaban J connectivity index is 2.43. The molecule has 88 valence electrons. The highest BCUT2D eigenvalue weighted by molar-refractivity contribution is 14.1. The Labute approximate surface area is 109 Å². The Kier molecular flexibility index (Phi) is 4.52. The molecule has 0 unspecified atom stereocenters. The molecule has 0 spiro atoms. The van der Waals surface area contributed by atoms with Gasteiger partial charge in [0.15, 0.2) is 0 Å². The standard InChI is InChI=1S/C11H15IN2O2/c1-11(2,3)16-10(15)14-7-9-6-8(12)4-5-13-9/h4-6H,7H2,1-3H3,(H,14,15). The monoisotopic (exact) mass is 334 g/mol. The molecule has 0 aliphatic rings. The number of ether oxygens (including phenoxy) is 1. The lowest BCUT2D eigenvalue weighted by molar-refractivity contribution is 0.0523. The molecule has 0 aliphatic carbocycles. The van der Waals surface area contributed by atoms with Gasteiger partial charge in [0.1, 0.15) is 5.60 Å². The average molecular weight is 334 g/mol. The zero-order valence-corrected chi connectivity index (χ0v) is 11.7. The molecule has 1 heterocycles. The molecule has 16 heavy (non-hydrogen) atoms. The fourth-order valence-electron chi connectivity index (χ4n) is 1.02. The number of hydrogen-bond donors (Lipinski definition) is 1. The van der Waals surface area contributed by atoms with Gasteiger partial charge in [-0.1, -0.05) is 0 Å². The van der Waals surface area contributed by atoms with E-state index in [1.165, 1.54) is 0 Å². The minimum absolute atomic E-state index is 0.381. The topological polar surface area (TPSA) is 51.2 Å². The Hall–Kier alpha value is -0.850. The summed E-state index contributed by atoms with van der Waals surface area (Å²) in [5.74, 6) is 0. The molecule has 1 amide bonds. The van der Waals surface area contributed by atoms with E-state index in [1.807, 2.05) is 32.9 Å². The molecule has 1 aromatic heterocycles. The fourth-order valence-corrected chi connectivity index (χ4v) is 1.54. The van der Waals surface area contributed by atoms with Gasteiger partial charge in [-0.15, -0.1) is 0 Å². The Morgan fingerprint density at radius 2 is 2.25 bits per heavy atom. The summed E-state index contributed by atoms with van der Waals surface area (Å²) in [5, 5.41) is 2.66. The summed E-state index contributed by atoms with van der Waals surface area (Å²) in [6.45, 7) is 5.87. The number of carbonyl (C=O) groups is 1. The van der Waals surface area contributed by atoms with E-state index in [0.717, 1.165) is 9.26 Å². The molecule has 5 heteroatoms. The van der Waals surface area contributed by atoms with Crippen LogP contribution in [0.1, 0.15) is 26.5 Å². The van der Waals surface area contributed by atoms with Crippen LogP contribution in [0.25, 0.3) is 0 Å². The number of nitrogens with one attached hydrogen (secondary N) is 1. The van der Waals surface area contributed by atoms with Gasteiger partial charge in [0.2, 0.25) is 0 Å². The number of alkyl carbamates (subject to hydrolysis) is 1. The first kappa shape index (κ1) is 13.2. The van der Waals surface area contributed by atoms with Crippen molar-refractivity contribution < 1.29 is 9.53 Å². The van der Waals surface area contributed by atoms with Crippen molar-refractivity contribution in [2.45, 2.75) is 32.9 Å². The van der Waals surface area contributed by atoms with E-state index in [9.17, 15) is 4.79 Å². The van der Waals surface area contributed by atoms with E-state index >= 15 is 0 Å². The van der Waals surface area contributed by atoms with Crippen molar-refractivity contribution in [2.75, 3.05) is 0 Å². The van der Waals surface area contributed by atoms with Crippen LogP contribution in [0.4, 0.5) is 4.79 Å². The number of rotatable bonds is 2. The summed E-state index contributed by atoms with van der Waals surface area (Å²) in [6, 6.07) is 3.81. The number of halogens is 1. The van der Waals surface area contributed by atoms with Gasteiger partial charge in [0.25, 0.3) is 0 Å². The largest absolute Gasteiger partial charge is 0.444 e. The zero-order valence-electron chi connectivity index (χ0n) is 9.58. The van der Waals surface area contributed by atoms with Gasteiger partial charge < -0.3 is 10.1 Å². The van der Waals surface area contributed by atoms with Gasteiger partial charge in [-0.3, -0.25) is 4.98 Å². The SMILES string of the molecule is CC(C)(C)OC(=O)NCc1cc(I)ccn1. The van der Waals surface area contributed by atoms with Gasteiger partial charge in [0, 0.05) is 9.77 Å². The molecule has 1 rings (SSSR count). The van der Waals surface area contributed by atoms with Gasteiger partial charge in [-0.2, -0.15) is 0 Å².